The lowest BCUT2D eigenvalue weighted by Crippen LogP contribution is -2.32. The zero-order chi connectivity index (χ0) is 18.5. The molecule has 1 amide bonds. The van der Waals surface area contributed by atoms with Gasteiger partial charge in [0.2, 0.25) is 0 Å². The van der Waals surface area contributed by atoms with Crippen LogP contribution in [0.3, 0.4) is 0 Å². The van der Waals surface area contributed by atoms with E-state index in [1.807, 2.05) is 27.8 Å². The number of nitrogens with one attached hydrogen (secondary N) is 1. The zero-order valence-corrected chi connectivity index (χ0v) is 15.6. The Bertz CT molecular complexity index is 979. The van der Waals surface area contributed by atoms with Crippen molar-refractivity contribution in [1.29, 1.82) is 0 Å². The van der Waals surface area contributed by atoms with Gasteiger partial charge in [-0.3, -0.25) is 4.79 Å². The van der Waals surface area contributed by atoms with Crippen molar-refractivity contribution in [1.82, 2.24) is 25.0 Å². The van der Waals surface area contributed by atoms with Gasteiger partial charge in [0, 0.05) is 32.2 Å². The van der Waals surface area contributed by atoms with Crippen LogP contribution in [0.15, 0.2) is 35.1 Å². The molecule has 2 saturated heterocycles. The molecule has 7 nitrogen and oxygen atoms in total. The average Bonchev–Trinajstić information content (AvgIpc) is 3.42. The van der Waals surface area contributed by atoms with Crippen LogP contribution < -0.4 is 5.32 Å². The van der Waals surface area contributed by atoms with Gasteiger partial charge in [-0.05, 0) is 43.9 Å². The predicted octanol–water partition coefficient (Wildman–Crippen LogP) is 2.56. The highest BCUT2D eigenvalue weighted by molar-refractivity contribution is 6.06. The van der Waals surface area contributed by atoms with Crippen molar-refractivity contribution in [2.75, 3.05) is 26.2 Å². The SMILES string of the molecule is CC(C)n1ncc2c(C(=O)N3C[C@H]4CNC[C@H]4C3)cc(-c3ccco3)nc21. The normalized spacial score (nSPS) is 22.1. The van der Waals surface area contributed by atoms with Crippen LogP contribution in [0.4, 0.5) is 0 Å². The van der Waals surface area contributed by atoms with E-state index >= 15 is 0 Å². The number of amides is 1. The molecule has 27 heavy (non-hydrogen) atoms. The first kappa shape index (κ1) is 16.5. The van der Waals surface area contributed by atoms with Gasteiger partial charge in [-0.1, -0.05) is 0 Å². The fraction of sp³-hybridized carbons (Fsp3) is 0.450. The molecule has 0 aromatic carbocycles. The van der Waals surface area contributed by atoms with E-state index in [0.29, 0.717) is 28.9 Å². The summed E-state index contributed by atoms with van der Waals surface area (Å²) in [4.78, 5) is 20.1. The lowest BCUT2D eigenvalue weighted by Gasteiger charge is -2.18. The van der Waals surface area contributed by atoms with Crippen molar-refractivity contribution in [3.8, 4) is 11.5 Å². The average molecular weight is 365 g/mol. The first-order valence-electron chi connectivity index (χ1n) is 9.54. The molecule has 7 heteroatoms. The molecule has 0 spiro atoms. The van der Waals surface area contributed by atoms with Crippen LogP contribution in [0.25, 0.3) is 22.5 Å². The molecule has 5 rings (SSSR count). The number of hydrogen-bond acceptors (Lipinski definition) is 5. The molecule has 3 aromatic rings. The Hall–Kier alpha value is -2.67. The Balaban J connectivity index is 1.61. The van der Waals surface area contributed by atoms with Crippen LogP contribution in [0.1, 0.15) is 30.2 Å². The fourth-order valence-corrected chi connectivity index (χ4v) is 4.31. The number of rotatable bonds is 3. The summed E-state index contributed by atoms with van der Waals surface area (Å²) in [5.74, 6) is 1.85. The zero-order valence-electron chi connectivity index (χ0n) is 15.6. The van der Waals surface area contributed by atoms with Gasteiger partial charge in [-0.2, -0.15) is 5.10 Å². The molecule has 140 valence electrons. The Labute approximate surface area is 157 Å². The van der Waals surface area contributed by atoms with E-state index in [4.69, 9.17) is 9.40 Å². The molecule has 2 aliphatic rings. The van der Waals surface area contributed by atoms with Crippen molar-refractivity contribution >= 4 is 16.9 Å². The Kier molecular flexibility index (Phi) is 3.79. The van der Waals surface area contributed by atoms with E-state index in [0.717, 1.165) is 37.2 Å². The summed E-state index contributed by atoms with van der Waals surface area (Å²) in [6.45, 7) is 7.75. The number of likely N-dealkylation sites (tertiary alicyclic amines) is 1. The third-order valence-corrected chi connectivity index (χ3v) is 5.74. The number of hydrogen-bond donors (Lipinski definition) is 1. The summed E-state index contributed by atoms with van der Waals surface area (Å²) in [5, 5.41) is 8.71. The highest BCUT2D eigenvalue weighted by Crippen LogP contribution is 2.31. The van der Waals surface area contributed by atoms with Crippen LogP contribution in [0, 0.1) is 11.8 Å². The molecule has 2 fully saturated rings. The van der Waals surface area contributed by atoms with Gasteiger partial charge in [0.05, 0.1) is 23.4 Å². The largest absolute Gasteiger partial charge is 0.463 e. The molecule has 3 aromatic heterocycles. The van der Waals surface area contributed by atoms with E-state index in [9.17, 15) is 4.79 Å². The number of furan rings is 1. The van der Waals surface area contributed by atoms with E-state index < -0.39 is 0 Å². The first-order chi connectivity index (χ1) is 13.1. The van der Waals surface area contributed by atoms with Crippen molar-refractivity contribution in [2.24, 2.45) is 11.8 Å². The molecule has 2 aliphatic heterocycles. The summed E-state index contributed by atoms with van der Waals surface area (Å²) >= 11 is 0. The fourth-order valence-electron chi connectivity index (χ4n) is 4.31. The number of carbonyl (C=O) groups excluding carboxylic acids is 1. The third kappa shape index (κ3) is 2.65. The number of carbonyl (C=O) groups is 1. The Morgan fingerprint density at radius 3 is 2.74 bits per heavy atom. The summed E-state index contributed by atoms with van der Waals surface area (Å²) in [7, 11) is 0. The van der Waals surface area contributed by atoms with Crippen molar-refractivity contribution < 1.29 is 9.21 Å². The molecule has 2 atom stereocenters. The number of aromatic nitrogens is 3. The number of nitrogens with zero attached hydrogens (tertiary/aromatic N) is 4. The van der Waals surface area contributed by atoms with Gasteiger partial charge >= 0.3 is 0 Å². The molecular formula is C20H23N5O2. The minimum absolute atomic E-state index is 0.0629. The molecule has 0 radical (unpaired) electrons. The maximum Gasteiger partial charge on any atom is 0.254 e. The van der Waals surface area contributed by atoms with Crippen LogP contribution >= 0.6 is 0 Å². The minimum Gasteiger partial charge on any atom is -0.463 e. The maximum absolute atomic E-state index is 13.4. The monoisotopic (exact) mass is 365 g/mol. The van der Waals surface area contributed by atoms with Gasteiger partial charge in [0.25, 0.3) is 5.91 Å². The second kappa shape index (κ2) is 6.20. The van der Waals surface area contributed by atoms with Crippen molar-refractivity contribution in [3.05, 3.63) is 36.2 Å². The van der Waals surface area contributed by atoms with Crippen LogP contribution in [-0.2, 0) is 0 Å². The van der Waals surface area contributed by atoms with Gasteiger partial charge in [-0.15, -0.1) is 0 Å². The third-order valence-electron chi connectivity index (χ3n) is 5.74. The summed E-state index contributed by atoms with van der Waals surface area (Å²) in [6.07, 6.45) is 3.39. The second-order valence-electron chi connectivity index (χ2n) is 7.84. The first-order valence-corrected chi connectivity index (χ1v) is 9.54. The van der Waals surface area contributed by atoms with E-state index in [-0.39, 0.29) is 11.9 Å². The predicted molar refractivity (Wildman–Crippen MR) is 101 cm³/mol. The van der Waals surface area contributed by atoms with Gasteiger partial charge in [0.15, 0.2) is 11.4 Å². The number of pyridine rings is 1. The van der Waals surface area contributed by atoms with Gasteiger partial charge < -0.3 is 14.6 Å². The van der Waals surface area contributed by atoms with Crippen molar-refractivity contribution in [2.45, 2.75) is 19.9 Å². The van der Waals surface area contributed by atoms with E-state index in [1.54, 1.807) is 12.5 Å². The van der Waals surface area contributed by atoms with Crippen LogP contribution in [0.5, 0.6) is 0 Å². The summed E-state index contributed by atoms with van der Waals surface area (Å²) < 4.78 is 7.40. The molecule has 0 bridgehead atoms. The molecule has 5 heterocycles. The van der Waals surface area contributed by atoms with Gasteiger partial charge in [0.1, 0.15) is 5.69 Å². The lowest BCUT2D eigenvalue weighted by atomic mass is 10.0. The molecular weight excluding hydrogens is 342 g/mol. The van der Waals surface area contributed by atoms with E-state index in [2.05, 4.69) is 24.3 Å². The smallest absolute Gasteiger partial charge is 0.254 e. The van der Waals surface area contributed by atoms with Crippen LogP contribution in [0.2, 0.25) is 0 Å². The molecule has 0 saturated carbocycles. The van der Waals surface area contributed by atoms with Crippen molar-refractivity contribution in [3.63, 3.8) is 0 Å². The number of fused-ring (bicyclic) bond motifs is 2. The van der Waals surface area contributed by atoms with E-state index in [1.165, 1.54) is 0 Å². The highest BCUT2D eigenvalue weighted by Gasteiger charge is 2.38. The maximum atomic E-state index is 13.4. The summed E-state index contributed by atoms with van der Waals surface area (Å²) in [5.41, 5.74) is 2.05. The van der Waals surface area contributed by atoms with Gasteiger partial charge in [-0.25, -0.2) is 9.67 Å². The Morgan fingerprint density at radius 1 is 1.30 bits per heavy atom. The second-order valence-corrected chi connectivity index (χ2v) is 7.84. The molecule has 0 unspecified atom stereocenters. The Morgan fingerprint density at radius 2 is 2.07 bits per heavy atom. The molecule has 0 aliphatic carbocycles. The quantitative estimate of drug-likeness (QED) is 0.772. The standard InChI is InChI=1S/C20H23N5O2/c1-12(2)25-19-16(9-22-25)15(6-17(23-19)18-4-3-5-27-18)20(26)24-10-13-7-21-8-14(13)11-24/h3-6,9,12-14,21H,7-8,10-11H2,1-2H3/t13-,14+. The van der Waals surface area contributed by atoms with Crippen LogP contribution in [-0.4, -0.2) is 51.8 Å². The minimum atomic E-state index is 0.0629. The summed E-state index contributed by atoms with van der Waals surface area (Å²) in [6, 6.07) is 5.70. The lowest BCUT2D eigenvalue weighted by molar-refractivity contribution is 0.0783. The topological polar surface area (TPSA) is 76.2 Å². The highest BCUT2D eigenvalue weighted by atomic mass is 16.3. The molecule has 1 N–H and O–H groups in total.